The fraction of sp³-hybridized carbons (Fsp3) is 0.500. The third kappa shape index (κ3) is 3.97. The number of hydrogen-bond acceptors (Lipinski definition) is 8. The minimum Gasteiger partial charge on any atom is -0.466 e. The summed E-state index contributed by atoms with van der Waals surface area (Å²) in [5.41, 5.74) is 4.06. The second-order valence-electron chi connectivity index (χ2n) is 7.62. The standard InChI is InChI=1S/C20H24N4O4S/c1-11-8-24(9-15(11)17(25)21-20-22-19(27-3)23-29-20)7-6-13-4-5-14-16(12(13)2)10-28-18(14)26/h4-5,11,15H,6-10H2,1-3H3,(H,21,22,23,25). The number of aromatic nitrogens is 2. The van der Waals surface area contributed by atoms with Gasteiger partial charge in [0.1, 0.15) is 6.61 Å². The van der Waals surface area contributed by atoms with Crippen LogP contribution in [0.1, 0.15) is 34.0 Å². The first-order chi connectivity index (χ1) is 14.0. The number of ether oxygens (including phenoxy) is 2. The molecule has 29 heavy (non-hydrogen) atoms. The molecule has 2 unspecified atom stereocenters. The molecule has 2 atom stereocenters. The number of carbonyl (C=O) groups excluding carboxylic acids is 2. The van der Waals surface area contributed by atoms with Crippen LogP contribution in [0.15, 0.2) is 12.1 Å². The number of nitrogens with zero attached hydrogens (tertiary/aromatic N) is 3. The quantitative estimate of drug-likeness (QED) is 0.722. The number of likely N-dealkylation sites (tertiary alicyclic amines) is 1. The lowest BCUT2D eigenvalue weighted by Gasteiger charge is -2.17. The Labute approximate surface area is 173 Å². The van der Waals surface area contributed by atoms with Crippen LogP contribution in [0.25, 0.3) is 0 Å². The van der Waals surface area contributed by atoms with Crippen LogP contribution in [0, 0.1) is 18.8 Å². The van der Waals surface area contributed by atoms with Crippen molar-refractivity contribution in [2.24, 2.45) is 11.8 Å². The van der Waals surface area contributed by atoms with Gasteiger partial charge in [-0.15, -0.1) is 4.37 Å². The molecular formula is C20H24N4O4S. The van der Waals surface area contributed by atoms with Crippen molar-refractivity contribution in [1.29, 1.82) is 0 Å². The second-order valence-corrected chi connectivity index (χ2v) is 8.37. The van der Waals surface area contributed by atoms with Gasteiger partial charge in [-0.2, -0.15) is 4.98 Å². The number of amides is 1. The molecule has 9 heteroatoms. The van der Waals surface area contributed by atoms with E-state index in [0.717, 1.165) is 42.2 Å². The van der Waals surface area contributed by atoms with Gasteiger partial charge in [-0.3, -0.25) is 4.79 Å². The number of hydrogen-bond donors (Lipinski definition) is 1. The Morgan fingerprint density at radius 1 is 1.41 bits per heavy atom. The number of nitrogens with one attached hydrogen (secondary N) is 1. The number of rotatable bonds is 6. The highest BCUT2D eigenvalue weighted by Gasteiger charge is 2.35. The van der Waals surface area contributed by atoms with E-state index in [1.54, 1.807) is 0 Å². The number of anilines is 1. The zero-order chi connectivity index (χ0) is 20.5. The van der Waals surface area contributed by atoms with Gasteiger partial charge >= 0.3 is 12.0 Å². The molecule has 154 valence electrons. The maximum absolute atomic E-state index is 12.7. The highest BCUT2D eigenvalue weighted by atomic mass is 32.1. The van der Waals surface area contributed by atoms with Crippen molar-refractivity contribution in [1.82, 2.24) is 14.3 Å². The van der Waals surface area contributed by atoms with E-state index >= 15 is 0 Å². The molecule has 4 rings (SSSR count). The monoisotopic (exact) mass is 416 g/mol. The molecule has 2 aliphatic heterocycles. The summed E-state index contributed by atoms with van der Waals surface area (Å²) in [5.74, 6) is -0.0814. The molecule has 0 bridgehead atoms. The fourth-order valence-electron chi connectivity index (χ4n) is 4.08. The van der Waals surface area contributed by atoms with Crippen LogP contribution < -0.4 is 10.1 Å². The van der Waals surface area contributed by atoms with Gasteiger partial charge in [-0.1, -0.05) is 13.0 Å². The number of methoxy groups -OCH3 is 1. The molecule has 1 saturated heterocycles. The first-order valence-electron chi connectivity index (χ1n) is 9.65. The number of benzene rings is 1. The SMILES string of the molecule is COc1nsc(NC(=O)C2CN(CCc3ccc4c(c3C)COC4=O)CC2C)n1. The lowest BCUT2D eigenvalue weighted by Crippen LogP contribution is -2.29. The molecule has 0 aliphatic carbocycles. The maximum Gasteiger partial charge on any atom is 0.338 e. The predicted molar refractivity (Wildman–Crippen MR) is 108 cm³/mol. The molecule has 0 spiro atoms. The normalized spacial score (nSPS) is 21.1. The third-order valence-electron chi connectivity index (χ3n) is 5.82. The van der Waals surface area contributed by atoms with Crippen LogP contribution in [0.2, 0.25) is 0 Å². The van der Waals surface area contributed by atoms with Gasteiger partial charge in [0.2, 0.25) is 11.0 Å². The van der Waals surface area contributed by atoms with Crippen molar-refractivity contribution in [2.75, 3.05) is 32.1 Å². The molecule has 1 aromatic carbocycles. The van der Waals surface area contributed by atoms with Crippen LogP contribution in [0.3, 0.4) is 0 Å². The lowest BCUT2D eigenvalue weighted by atomic mass is 9.97. The number of cyclic esters (lactones) is 1. The summed E-state index contributed by atoms with van der Waals surface area (Å²) in [5, 5.41) is 3.32. The van der Waals surface area contributed by atoms with E-state index in [-0.39, 0.29) is 29.7 Å². The molecule has 1 aromatic heterocycles. The summed E-state index contributed by atoms with van der Waals surface area (Å²) >= 11 is 1.12. The van der Waals surface area contributed by atoms with Crippen LogP contribution in [-0.4, -0.2) is 52.9 Å². The zero-order valence-electron chi connectivity index (χ0n) is 16.7. The summed E-state index contributed by atoms with van der Waals surface area (Å²) in [6.07, 6.45) is 0.877. The fourth-order valence-corrected chi connectivity index (χ4v) is 4.63. The molecule has 8 nitrogen and oxygen atoms in total. The molecule has 1 fully saturated rings. The lowest BCUT2D eigenvalue weighted by molar-refractivity contribution is -0.120. The summed E-state index contributed by atoms with van der Waals surface area (Å²) in [6, 6.07) is 4.16. The summed E-state index contributed by atoms with van der Waals surface area (Å²) < 4.78 is 14.1. The van der Waals surface area contributed by atoms with E-state index in [4.69, 9.17) is 9.47 Å². The molecule has 1 N–H and O–H groups in total. The van der Waals surface area contributed by atoms with Crippen molar-refractivity contribution in [3.8, 4) is 6.01 Å². The zero-order valence-corrected chi connectivity index (χ0v) is 17.5. The van der Waals surface area contributed by atoms with Crippen molar-refractivity contribution in [2.45, 2.75) is 26.9 Å². The van der Waals surface area contributed by atoms with Crippen molar-refractivity contribution in [3.63, 3.8) is 0 Å². The van der Waals surface area contributed by atoms with Crippen molar-refractivity contribution < 1.29 is 19.1 Å². The van der Waals surface area contributed by atoms with E-state index in [1.165, 1.54) is 12.7 Å². The molecule has 3 heterocycles. The predicted octanol–water partition coefficient (Wildman–Crippen LogP) is 2.27. The van der Waals surface area contributed by atoms with E-state index in [2.05, 4.69) is 33.4 Å². The van der Waals surface area contributed by atoms with Crippen molar-refractivity contribution in [3.05, 3.63) is 34.4 Å². The van der Waals surface area contributed by atoms with E-state index in [0.29, 0.717) is 23.8 Å². The van der Waals surface area contributed by atoms with Gasteiger partial charge in [-0.05, 0) is 36.5 Å². The number of esters is 1. The maximum atomic E-state index is 12.7. The Kier molecular flexibility index (Phi) is 5.51. The highest BCUT2D eigenvalue weighted by Crippen LogP contribution is 2.28. The highest BCUT2D eigenvalue weighted by molar-refractivity contribution is 7.10. The first kappa shape index (κ1) is 19.8. The largest absolute Gasteiger partial charge is 0.466 e. The number of fused-ring (bicyclic) bond motifs is 1. The van der Waals surface area contributed by atoms with Crippen LogP contribution in [0.4, 0.5) is 5.13 Å². The Hall–Kier alpha value is -2.52. The Morgan fingerprint density at radius 2 is 2.24 bits per heavy atom. The first-order valence-corrected chi connectivity index (χ1v) is 10.4. The van der Waals surface area contributed by atoms with E-state index in [9.17, 15) is 9.59 Å². The average molecular weight is 417 g/mol. The minimum atomic E-state index is -0.232. The molecule has 0 radical (unpaired) electrons. The third-order valence-corrected chi connectivity index (χ3v) is 6.43. The van der Waals surface area contributed by atoms with Crippen LogP contribution in [0.5, 0.6) is 6.01 Å². The van der Waals surface area contributed by atoms with Crippen LogP contribution in [-0.2, 0) is 22.6 Å². The Bertz CT molecular complexity index is 945. The topological polar surface area (TPSA) is 93.6 Å². The Morgan fingerprint density at radius 3 is 3.00 bits per heavy atom. The van der Waals surface area contributed by atoms with Gasteiger partial charge in [0.15, 0.2) is 0 Å². The van der Waals surface area contributed by atoms with Gasteiger partial charge in [0.25, 0.3) is 0 Å². The summed E-state index contributed by atoms with van der Waals surface area (Å²) in [6.45, 7) is 6.99. The molecule has 2 aliphatic rings. The van der Waals surface area contributed by atoms with Gasteiger partial charge in [0, 0.05) is 36.7 Å². The Balaban J connectivity index is 1.34. The van der Waals surface area contributed by atoms with Gasteiger partial charge < -0.3 is 19.7 Å². The van der Waals surface area contributed by atoms with Gasteiger partial charge in [-0.25, -0.2) is 4.79 Å². The molecule has 0 saturated carbocycles. The minimum absolute atomic E-state index is 0.0248. The van der Waals surface area contributed by atoms with Gasteiger partial charge in [0.05, 0.1) is 18.6 Å². The second kappa shape index (κ2) is 8.08. The molecule has 1 amide bonds. The van der Waals surface area contributed by atoms with Crippen molar-refractivity contribution >= 4 is 28.5 Å². The molecular weight excluding hydrogens is 392 g/mol. The van der Waals surface area contributed by atoms with E-state index in [1.807, 2.05) is 12.1 Å². The van der Waals surface area contributed by atoms with Crippen LogP contribution >= 0.6 is 11.5 Å². The number of carbonyl (C=O) groups is 2. The summed E-state index contributed by atoms with van der Waals surface area (Å²) in [4.78, 5) is 30.8. The average Bonchev–Trinajstić information content (AvgIpc) is 3.40. The molecule has 2 aromatic rings. The van der Waals surface area contributed by atoms with E-state index < -0.39 is 0 Å². The summed E-state index contributed by atoms with van der Waals surface area (Å²) in [7, 11) is 1.50. The smallest absolute Gasteiger partial charge is 0.338 e.